The maximum atomic E-state index is 8.56. The van der Waals surface area contributed by atoms with Crippen LogP contribution in [0.5, 0.6) is 0 Å². The molecule has 0 saturated heterocycles. The van der Waals surface area contributed by atoms with Crippen molar-refractivity contribution in [3.8, 4) is 0 Å². The zero-order valence-electron chi connectivity index (χ0n) is 6.99. The van der Waals surface area contributed by atoms with Crippen LogP contribution in [0.2, 0.25) is 0 Å². The minimum absolute atomic E-state index is 0.602. The molecule has 2 nitrogen and oxygen atoms in total. The largest absolute Gasteiger partial charge is 0.411 e. The Labute approximate surface area is 71.8 Å². The average molecular weight is 161 g/mol. The Morgan fingerprint density at radius 3 is 2.75 bits per heavy atom. The van der Waals surface area contributed by atoms with E-state index in [1.807, 2.05) is 24.3 Å². The van der Waals surface area contributed by atoms with Gasteiger partial charge in [-0.05, 0) is 12.5 Å². The summed E-state index contributed by atoms with van der Waals surface area (Å²) in [5, 5.41) is 11.7. The highest BCUT2D eigenvalue weighted by Gasteiger charge is 2.00. The predicted molar refractivity (Wildman–Crippen MR) is 50.5 cm³/mol. The molecule has 0 amide bonds. The zero-order chi connectivity index (χ0) is 8.97. The molecule has 2 heteroatoms. The summed E-state index contributed by atoms with van der Waals surface area (Å²) < 4.78 is 0. The van der Waals surface area contributed by atoms with Gasteiger partial charge in [-0.25, -0.2) is 0 Å². The zero-order valence-corrected chi connectivity index (χ0v) is 6.99. The number of oxime groups is 1. The summed E-state index contributed by atoms with van der Waals surface area (Å²) in [6.45, 7) is 5.42. The van der Waals surface area contributed by atoms with Crippen molar-refractivity contribution in [2.45, 2.75) is 6.92 Å². The summed E-state index contributed by atoms with van der Waals surface area (Å²) in [7, 11) is 0. The highest BCUT2D eigenvalue weighted by molar-refractivity contribution is 6.01. The fourth-order valence-electron chi connectivity index (χ4n) is 1.06. The van der Waals surface area contributed by atoms with Crippen molar-refractivity contribution in [2.75, 3.05) is 0 Å². The van der Waals surface area contributed by atoms with E-state index in [1.54, 1.807) is 13.0 Å². The molecule has 0 unspecified atom stereocenters. The first-order valence-corrected chi connectivity index (χ1v) is 3.70. The molecule has 0 aliphatic heterocycles. The van der Waals surface area contributed by atoms with Crippen molar-refractivity contribution in [1.29, 1.82) is 0 Å². The van der Waals surface area contributed by atoms with Gasteiger partial charge in [0.2, 0.25) is 0 Å². The molecule has 0 heterocycles. The quantitative estimate of drug-likeness (QED) is 0.403. The third-order valence-corrected chi connectivity index (χ3v) is 1.72. The molecule has 1 N–H and O–H groups in total. The monoisotopic (exact) mass is 161 g/mol. The molecule has 0 radical (unpaired) electrons. The molecule has 0 aliphatic rings. The first kappa shape index (κ1) is 8.53. The second kappa shape index (κ2) is 3.72. The van der Waals surface area contributed by atoms with Gasteiger partial charge in [-0.2, -0.15) is 0 Å². The van der Waals surface area contributed by atoms with Crippen LogP contribution >= 0.6 is 0 Å². The number of benzene rings is 1. The standard InChI is InChI=1S/C10H11NO/c1-3-9-6-4-5-7-10(9)8(2)11-12/h3-7,12H,1H2,2H3. The fraction of sp³-hybridized carbons (Fsp3) is 0.100. The van der Waals surface area contributed by atoms with Gasteiger partial charge in [-0.15, -0.1) is 0 Å². The molecule has 1 aromatic rings. The first-order valence-electron chi connectivity index (χ1n) is 3.70. The highest BCUT2D eigenvalue weighted by atomic mass is 16.4. The topological polar surface area (TPSA) is 32.6 Å². The Kier molecular flexibility index (Phi) is 2.64. The van der Waals surface area contributed by atoms with E-state index in [0.717, 1.165) is 11.1 Å². The van der Waals surface area contributed by atoms with Gasteiger partial charge in [-0.1, -0.05) is 42.1 Å². The van der Waals surface area contributed by atoms with Crippen LogP contribution in [0.25, 0.3) is 6.08 Å². The maximum absolute atomic E-state index is 8.56. The van der Waals surface area contributed by atoms with E-state index in [-0.39, 0.29) is 0 Å². The maximum Gasteiger partial charge on any atom is 0.0842 e. The molecule has 0 fully saturated rings. The molecule has 1 rings (SSSR count). The number of rotatable bonds is 2. The third kappa shape index (κ3) is 1.53. The molecule has 0 saturated carbocycles. The van der Waals surface area contributed by atoms with Gasteiger partial charge in [0, 0.05) is 5.56 Å². The lowest BCUT2D eigenvalue weighted by Crippen LogP contribution is -1.96. The van der Waals surface area contributed by atoms with Gasteiger partial charge in [0.05, 0.1) is 5.71 Å². The van der Waals surface area contributed by atoms with E-state index >= 15 is 0 Å². The summed E-state index contributed by atoms with van der Waals surface area (Å²) in [6.07, 6.45) is 1.74. The molecular formula is C10H11NO. The predicted octanol–water partition coefficient (Wildman–Crippen LogP) is 2.53. The lowest BCUT2D eigenvalue weighted by molar-refractivity contribution is 0.319. The summed E-state index contributed by atoms with van der Waals surface area (Å²) in [5.41, 5.74) is 2.49. The van der Waals surface area contributed by atoms with Gasteiger partial charge in [0.1, 0.15) is 0 Å². The van der Waals surface area contributed by atoms with E-state index < -0.39 is 0 Å². The Morgan fingerprint density at radius 2 is 2.17 bits per heavy atom. The van der Waals surface area contributed by atoms with Crippen molar-refractivity contribution >= 4 is 11.8 Å². The van der Waals surface area contributed by atoms with E-state index in [1.165, 1.54) is 0 Å². The molecule has 62 valence electrons. The average Bonchev–Trinajstić information content (AvgIpc) is 2.16. The Hall–Kier alpha value is -1.57. The van der Waals surface area contributed by atoms with Gasteiger partial charge < -0.3 is 5.21 Å². The van der Waals surface area contributed by atoms with Crippen LogP contribution in [-0.4, -0.2) is 10.9 Å². The van der Waals surface area contributed by atoms with Gasteiger partial charge in [0.15, 0.2) is 0 Å². The van der Waals surface area contributed by atoms with Crippen LogP contribution in [0.15, 0.2) is 36.0 Å². The van der Waals surface area contributed by atoms with Crippen molar-refractivity contribution in [2.24, 2.45) is 5.16 Å². The van der Waals surface area contributed by atoms with Gasteiger partial charge >= 0.3 is 0 Å². The van der Waals surface area contributed by atoms with E-state index in [2.05, 4.69) is 11.7 Å². The van der Waals surface area contributed by atoms with Crippen LogP contribution in [0.1, 0.15) is 18.1 Å². The second-order valence-electron chi connectivity index (χ2n) is 2.48. The summed E-state index contributed by atoms with van der Waals surface area (Å²) in [4.78, 5) is 0. The normalized spacial score (nSPS) is 11.2. The first-order chi connectivity index (χ1) is 5.79. The Bertz CT molecular complexity index is 315. The lowest BCUT2D eigenvalue weighted by Gasteiger charge is -2.02. The molecule has 1 aromatic carbocycles. The van der Waals surface area contributed by atoms with Crippen LogP contribution in [0.3, 0.4) is 0 Å². The van der Waals surface area contributed by atoms with Crippen molar-refractivity contribution in [1.82, 2.24) is 0 Å². The molecule has 0 bridgehead atoms. The fourth-order valence-corrected chi connectivity index (χ4v) is 1.06. The van der Waals surface area contributed by atoms with E-state index in [0.29, 0.717) is 5.71 Å². The smallest absolute Gasteiger partial charge is 0.0842 e. The van der Waals surface area contributed by atoms with Crippen LogP contribution in [0.4, 0.5) is 0 Å². The minimum atomic E-state index is 0.602. The Morgan fingerprint density at radius 1 is 1.50 bits per heavy atom. The third-order valence-electron chi connectivity index (χ3n) is 1.72. The number of hydrogen-bond donors (Lipinski definition) is 1. The summed E-state index contributed by atoms with van der Waals surface area (Å²) >= 11 is 0. The van der Waals surface area contributed by atoms with Crippen LogP contribution in [-0.2, 0) is 0 Å². The molecule has 0 aliphatic carbocycles. The Balaban J connectivity index is 3.22. The van der Waals surface area contributed by atoms with Crippen LogP contribution in [0, 0.1) is 0 Å². The molecule has 0 atom stereocenters. The minimum Gasteiger partial charge on any atom is -0.411 e. The molecule has 0 aromatic heterocycles. The van der Waals surface area contributed by atoms with Gasteiger partial charge in [-0.3, -0.25) is 0 Å². The highest BCUT2D eigenvalue weighted by Crippen LogP contribution is 2.10. The SMILES string of the molecule is C=Cc1ccccc1C(C)=NO. The molecule has 12 heavy (non-hydrogen) atoms. The number of nitrogens with zero attached hydrogens (tertiary/aromatic N) is 1. The lowest BCUT2D eigenvalue weighted by atomic mass is 10.0. The second-order valence-corrected chi connectivity index (χ2v) is 2.48. The summed E-state index contributed by atoms with van der Waals surface area (Å²) in [6, 6.07) is 7.64. The number of hydrogen-bond acceptors (Lipinski definition) is 2. The van der Waals surface area contributed by atoms with Crippen molar-refractivity contribution in [3.05, 3.63) is 42.0 Å². The molecular weight excluding hydrogens is 150 g/mol. The van der Waals surface area contributed by atoms with Crippen molar-refractivity contribution < 1.29 is 5.21 Å². The van der Waals surface area contributed by atoms with E-state index in [9.17, 15) is 0 Å². The summed E-state index contributed by atoms with van der Waals surface area (Å²) in [5.74, 6) is 0. The van der Waals surface area contributed by atoms with E-state index in [4.69, 9.17) is 5.21 Å². The molecule has 0 spiro atoms. The van der Waals surface area contributed by atoms with Crippen LogP contribution < -0.4 is 0 Å². The van der Waals surface area contributed by atoms with Gasteiger partial charge in [0.25, 0.3) is 0 Å². The van der Waals surface area contributed by atoms with Crippen molar-refractivity contribution in [3.63, 3.8) is 0 Å².